The Morgan fingerprint density at radius 3 is 1.32 bits per heavy atom. The van der Waals surface area contributed by atoms with Crippen molar-refractivity contribution < 1.29 is 123 Å². The number of rotatable bonds is 16. The minimum Gasteiger partial charge on any atom is -0.394 e. The normalized spacial score (nSPS) is 47.1. The smallest absolute Gasteiger partial charge is 0.217 e. The van der Waals surface area contributed by atoms with Crippen molar-refractivity contribution in [2.24, 2.45) is 0 Å². The molecule has 16 N–H and O–H groups in total. The fourth-order valence-corrected chi connectivity index (χ4v) is 8.37. The molecule has 28 nitrogen and oxygen atoms in total. The van der Waals surface area contributed by atoms with Crippen LogP contribution in [0.1, 0.15) is 27.7 Å². The van der Waals surface area contributed by atoms with Crippen molar-refractivity contribution >= 4 is 17.7 Å². The first-order valence-electron chi connectivity index (χ1n) is 20.9. The fourth-order valence-electron chi connectivity index (χ4n) is 8.37. The van der Waals surface area contributed by atoms with Gasteiger partial charge < -0.3 is 125 Å². The topological polar surface area (TPSA) is 433 Å². The van der Waals surface area contributed by atoms with Crippen molar-refractivity contribution in [3.63, 3.8) is 0 Å². The molecule has 5 saturated heterocycles. The highest BCUT2D eigenvalue weighted by atomic mass is 16.8. The van der Waals surface area contributed by atoms with Crippen LogP contribution in [0.4, 0.5) is 0 Å². The summed E-state index contributed by atoms with van der Waals surface area (Å²) in [5.74, 6) is -1.98. The van der Waals surface area contributed by atoms with Gasteiger partial charge in [-0.25, -0.2) is 0 Å². The van der Waals surface area contributed by atoms with Crippen LogP contribution in [0.25, 0.3) is 0 Å². The Labute approximate surface area is 370 Å². The molecular formula is C37H63N3O25. The summed E-state index contributed by atoms with van der Waals surface area (Å²) >= 11 is 0. The molecule has 5 aliphatic rings. The van der Waals surface area contributed by atoms with Gasteiger partial charge in [0.2, 0.25) is 17.7 Å². The molecule has 376 valence electrons. The van der Waals surface area contributed by atoms with E-state index in [0.29, 0.717) is 0 Å². The zero-order valence-electron chi connectivity index (χ0n) is 35.7. The van der Waals surface area contributed by atoms with Crippen LogP contribution >= 0.6 is 0 Å². The highest BCUT2D eigenvalue weighted by Gasteiger charge is 2.56. The molecule has 0 aliphatic carbocycles. The lowest BCUT2D eigenvalue weighted by atomic mass is 9.92. The molecule has 5 rings (SSSR count). The van der Waals surface area contributed by atoms with Crippen LogP contribution < -0.4 is 16.0 Å². The number of ether oxygens (including phenoxy) is 9. The summed E-state index contributed by atoms with van der Waals surface area (Å²) in [5, 5.41) is 146. The van der Waals surface area contributed by atoms with E-state index >= 15 is 0 Å². The highest BCUT2D eigenvalue weighted by molar-refractivity contribution is 5.74. The third-order valence-electron chi connectivity index (χ3n) is 11.8. The van der Waals surface area contributed by atoms with E-state index in [2.05, 4.69) is 16.0 Å². The Morgan fingerprint density at radius 1 is 0.415 bits per heavy atom. The minimum atomic E-state index is -2.08. The van der Waals surface area contributed by atoms with Crippen molar-refractivity contribution in [3.05, 3.63) is 0 Å². The number of hydrogen-bond acceptors (Lipinski definition) is 25. The Bertz CT molecular complexity index is 1560. The summed E-state index contributed by atoms with van der Waals surface area (Å²) in [6.07, 6.45) is -37.5. The summed E-state index contributed by atoms with van der Waals surface area (Å²) in [4.78, 5) is 36.3. The molecule has 5 fully saturated rings. The third kappa shape index (κ3) is 12.0. The highest BCUT2D eigenvalue weighted by Crippen LogP contribution is 2.34. The molecule has 25 atom stereocenters. The van der Waals surface area contributed by atoms with Crippen molar-refractivity contribution in [2.45, 2.75) is 181 Å². The van der Waals surface area contributed by atoms with Gasteiger partial charge >= 0.3 is 0 Å². The van der Waals surface area contributed by atoms with Crippen LogP contribution in [0.15, 0.2) is 0 Å². The van der Waals surface area contributed by atoms with Crippen LogP contribution in [-0.2, 0) is 57.0 Å². The second-order valence-electron chi connectivity index (χ2n) is 16.5. The molecule has 28 heteroatoms. The van der Waals surface area contributed by atoms with Crippen molar-refractivity contribution in [1.82, 2.24) is 16.0 Å². The van der Waals surface area contributed by atoms with Crippen molar-refractivity contribution in [3.8, 4) is 0 Å². The van der Waals surface area contributed by atoms with Crippen LogP contribution in [0.5, 0.6) is 0 Å². The first kappa shape index (κ1) is 53.5. The second-order valence-corrected chi connectivity index (χ2v) is 16.5. The second kappa shape index (κ2) is 23.2. The first-order chi connectivity index (χ1) is 30.7. The van der Waals surface area contributed by atoms with Gasteiger partial charge in [0.15, 0.2) is 25.2 Å². The van der Waals surface area contributed by atoms with Crippen LogP contribution in [-0.4, -0.2) is 270 Å². The standard InChI is InChI=1S/C37H63N3O25/c1-10-19(38-11(2)45)26(52)31(16(7-43)58-10)63-35-21(40-13(4)47)27(53)32(17(8-44)61-35)64-36-30(56)28(54)24(50)18(62-36)9-57-37-33(29(55)23(49)15(6-42)60-37)65-34-20(39-12(3)46)25(51)22(48)14(5-41)59-34/h10,14-37,41-44,48-56H,5-9H2,1-4H3,(H,38,45)(H,39,46)(H,40,47)/t10-,14-,15?,16?,17?,18?,19?,20?,21?,22+,23+,24+,25?,26+,27+,28?,29?,30+,31+,32+,33+,34-,35-,36-,37-/m0/s1. The van der Waals surface area contributed by atoms with Gasteiger partial charge in [0.1, 0.15) is 116 Å². The number of carbonyl (C=O) groups excluding carboxylic acids is 3. The Morgan fingerprint density at radius 2 is 0.800 bits per heavy atom. The molecule has 0 aromatic rings. The maximum Gasteiger partial charge on any atom is 0.217 e. The summed E-state index contributed by atoms with van der Waals surface area (Å²) < 4.78 is 52.2. The number of carbonyl (C=O) groups is 3. The number of aliphatic hydroxyl groups excluding tert-OH is 13. The lowest BCUT2D eigenvalue weighted by molar-refractivity contribution is -0.372. The monoisotopic (exact) mass is 949 g/mol. The Hall–Kier alpha value is -2.47. The van der Waals surface area contributed by atoms with Crippen molar-refractivity contribution in [1.29, 1.82) is 0 Å². The lowest BCUT2D eigenvalue weighted by Crippen LogP contribution is -2.70. The molecular weight excluding hydrogens is 886 g/mol. The predicted molar refractivity (Wildman–Crippen MR) is 205 cm³/mol. The maximum absolute atomic E-state index is 12.4. The summed E-state index contributed by atoms with van der Waals surface area (Å²) in [6.45, 7) is 0.717. The van der Waals surface area contributed by atoms with E-state index in [1.165, 1.54) is 13.8 Å². The average molecular weight is 950 g/mol. The average Bonchev–Trinajstić information content (AvgIpc) is 3.26. The Kier molecular flexibility index (Phi) is 19.1. The van der Waals surface area contributed by atoms with E-state index in [1.54, 1.807) is 0 Å². The van der Waals surface area contributed by atoms with Gasteiger partial charge in [-0.1, -0.05) is 0 Å². The largest absolute Gasteiger partial charge is 0.394 e. The SMILES string of the molecule is CC(=O)NC1C(O)[C@H](O)[C@H](CO)O[C@H]1O[C@@H]1C(O)[C@H](O)C(CO)O[C@@H]1OCC1O[C@@H](O[C@@H]2C(CO)O[C@@H](O[C@@H]3C(CO)O[C@@H](C)C(NC(C)=O)[C@H]3O)C(NC(C)=O)[C@H]2O)[C@H](O)C(O)[C@@H]1O. The summed E-state index contributed by atoms with van der Waals surface area (Å²) in [5.41, 5.74) is 0. The van der Waals surface area contributed by atoms with Crippen LogP contribution in [0, 0.1) is 0 Å². The molecule has 0 spiro atoms. The quantitative estimate of drug-likeness (QED) is 0.0683. The first-order valence-corrected chi connectivity index (χ1v) is 20.9. The lowest BCUT2D eigenvalue weighted by Gasteiger charge is -2.49. The minimum absolute atomic E-state index is 0.524. The fraction of sp³-hybridized carbons (Fsp3) is 0.919. The molecule has 65 heavy (non-hydrogen) atoms. The number of amides is 3. The van der Waals surface area contributed by atoms with Gasteiger partial charge in [0.05, 0.1) is 45.2 Å². The molecule has 0 saturated carbocycles. The van der Waals surface area contributed by atoms with Gasteiger partial charge in [-0.15, -0.1) is 0 Å². The summed E-state index contributed by atoms with van der Waals surface area (Å²) in [6, 6.07) is -4.17. The zero-order chi connectivity index (χ0) is 48.2. The molecule has 0 bridgehead atoms. The van der Waals surface area contributed by atoms with Gasteiger partial charge in [0, 0.05) is 20.8 Å². The molecule has 10 unspecified atom stereocenters. The molecule has 5 aliphatic heterocycles. The maximum atomic E-state index is 12.4. The molecule has 0 aromatic heterocycles. The Balaban J connectivity index is 1.34. The summed E-state index contributed by atoms with van der Waals surface area (Å²) in [7, 11) is 0. The zero-order valence-corrected chi connectivity index (χ0v) is 35.7. The van der Waals surface area contributed by atoms with Crippen LogP contribution in [0.2, 0.25) is 0 Å². The number of nitrogens with one attached hydrogen (secondary N) is 3. The van der Waals surface area contributed by atoms with Gasteiger partial charge in [0.25, 0.3) is 0 Å². The third-order valence-corrected chi connectivity index (χ3v) is 11.8. The molecule has 5 heterocycles. The molecule has 0 aromatic carbocycles. The van der Waals surface area contributed by atoms with E-state index in [0.717, 1.165) is 13.8 Å². The van der Waals surface area contributed by atoms with Gasteiger partial charge in [-0.3, -0.25) is 14.4 Å². The van der Waals surface area contributed by atoms with Gasteiger partial charge in [-0.05, 0) is 6.92 Å². The number of aliphatic hydroxyl groups is 13. The van der Waals surface area contributed by atoms with Gasteiger partial charge in [-0.2, -0.15) is 0 Å². The van der Waals surface area contributed by atoms with E-state index in [4.69, 9.17) is 42.6 Å². The van der Waals surface area contributed by atoms with Crippen LogP contribution in [0.3, 0.4) is 0 Å². The van der Waals surface area contributed by atoms with E-state index in [-0.39, 0.29) is 0 Å². The molecule has 0 radical (unpaired) electrons. The van der Waals surface area contributed by atoms with E-state index in [9.17, 15) is 80.8 Å². The van der Waals surface area contributed by atoms with E-state index < -0.39 is 204 Å². The van der Waals surface area contributed by atoms with Crippen molar-refractivity contribution in [2.75, 3.05) is 33.0 Å². The number of hydrogen-bond donors (Lipinski definition) is 16. The van der Waals surface area contributed by atoms with E-state index in [1.807, 2.05) is 0 Å². The predicted octanol–water partition coefficient (Wildman–Crippen LogP) is -10.4. The molecule has 3 amide bonds.